The second-order valence-corrected chi connectivity index (χ2v) is 7.50. The van der Waals surface area contributed by atoms with Crippen LogP contribution in [-0.2, 0) is 4.74 Å². The quantitative estimate of drug-likeness (QED) is 0.426. The van der Waals surface area contributed by atoms with Gasteiger partial charge in [-0.1, -0.05) is 30.3 Å². The Hall–Kier alpha value is -3.23. The number of morpholine rings is 1. The minimum atomic E-state index is 0.616. The lowest BCUT2D eigenvalue weighted by atomic mass is 10.2. The topological polar surface area (TPSA) is 74.0 Å². The molecule has 0 aliphatic carbocycles. The van der Waals surface area contributed by atoms with Gasteiger partial charge >= 0.3 is 0 Å². The van der Waals surface area contributed by atoms with Crippen molar-refractivity contribution in [3.63, 3.8) is 0 Å². The van der Waals surface area contributed by atoms with E-state index in [4.69, 9.17) is 14.2 Å². The Kier molecular flexibility index (Phi) is 5.64. The van der Waals surface area contributed by atoms with Crippen LogP contribution < -0.4 is 9.47 Å². The molecule has 1 aliphatic heterocycles. The molecule has 0 unspecified atom stereocenters. The van der Waals surface area contributed by atoms with Gasteiger partial charge < -0.3 is 14.2 Å². The lowest BCUT2D eigenvalue weighted by molar-refractivity contribution is 0.0357. The first-order valence-electron chi connectivity index (χ1n) is 10.5. The fourth-order valence-corrected chi connectivity index (χ4v) is 3.89. The maximum atomic E-state index is 6.05. The van der Waals surface area contributed by atoms with E-state index >= 15 is 0 Å². The Bertz CT molecular complexity index is 1170. The Balaban J connectivity index is 1.38. The van der Waals surface area contributed by atoms with Crippen LogP contribution in [-0.4, -0.2) is 71.0 Å². The molecule has 8 nitrogen and oxygen atoms in total. The molecule has 2 aromatic carbocycles. The molecule has 160 valence electrons. The maximum absolute atomic E-state index is 6.05. The van der Waals surface area contributed by atoms with Crippen molar-refractivity contribution >= 4 is 16.6 Å². The molecule has 0 amide bonds. The van der Waals surface area contributed by atoms with Gasteiger partial charge in [0.25, 0.3) is 0 Å². The highest BCUT2D eigenvalue weighted by Crippen LogP contribution is 2.33. The standard InChI is InChI=1S/C23H25N5O3/c1-29-20-14-18-19(15-21(20)31-11-5-8-27-9-12-30-13-10-27)24-16-28-22(25-26-23(18)28)17-6-3-2-4-7-17/h2-4,6-7,14-16H,5,8-13H2,1H3. The minimum absolute atomic E-state index is 0.616. The number of rotatable bonds is 7. The van der Waals surface area contributed by atoms with Crippen molar-refractivity contribution in [2.45, 2.75) is 6.42 Å². The predicted molar refractivity (Wildman–Crippen MR) is 118 cm³/mol. The monoisotopic (exact) mass is 419 g/mol. The molecular formula is C23H25N5O3. The normalized spacial score (nSPS) is 14.9. The molecule has 31 heavy (non-hydrogen) atoms. The first kappa shape index (κ1) is 19.7. The van der Waals surface area contributed by atoms with Gasteiger partial charge in [-0.2, -0.15) is 0 Å². The Labute approximate surface area is 180 Å². The third-order valence-electron chi connectivity index (χ3n) is 5.54. The summed E-state index contributed by atoms with van der Waals surface area (Å²) in [5.74, 6) is 2.11. The second-order valence-electron chi connectivity index (χ2n) is 7.50. The molecule has 0 saturated carbocycles. The van der Waals surface area contributed by atoms with Gasteiger partial charge in [0.15, 0.2) is 23.0 Å². The van der Waals surface area contributed by atoms with E-state index in [9.17, 15) is 0 Å². The largest absolute Gasteiger partial charge is 0.493 e. The van der Waals surface area contributed by atoms with Crippen LogP contribution in [0.5, 0.6) is 11.5 Å². The minimum Gasteiger partial charge on any atom is -0.493 e. The number of aromatic nitrogens is 4. The van der Waals surface area contributed by atoms with E-state index < -0.39 is 0 Å². The second kappa shape index (κ2) is 8.87. The molecule has 8 heteroatoms. The van der Waals surface area contributed by atoms with E-state index in [1.165, 1.54) is 0 Å². The SMILES string of the molecule is COc1cc2c(cc1OCCCN1CCOCC1)ncn1c(-c3ccccc3)nnc21. The van der Waals surface area contributed by atoms with E-state index in [-0.39, 0.29) is 0 Å². The van der Waals surface area contributed by atoms with Crippen LogP contribution in [0.4, 0.5) is 0 Å². The summed E-state index contributed by atoms with van der Waals surface area (Å²) in [6.45, 7) is 5.22. The van der Waals surface area contributed by atoms with Gasteiger partial charge in [-0.15, -0.1) is 10.2 Å². The molecule has 0 spiro atoms. The zero-order valence-corrected chi connectivity index (χ0v) is 17.5. The first-order chi connectivity index (χ1) is 15.3. The van der Waals surface area contributed by atoms with Crippen LogP contribution in [0.15, 0.2) is 48.8 Å². The van der Waals surface area contributed by atoms with Gasteiger partial charge in [0.05, 0.1) is 32.4 Å². The number of fused-ring (bicyclic) bond motifs is 3. The summed E-state index contributed by atoms with van der Waals surface area (Å²) in [6, 6.07) is 13.8. The zero-order chi connectivity index (χ0) is 21.0. The number of hydrogen-bond donors (Lipinski definition) is 0. The number of nitrogens with zero attached hydrogens (tertiary/aromatic N) is 5. The fraction of sp³-hybridized carbons (Fsp3) is 0.348. The van der Waals surface area contributed by atoms with E-state index in [2.05, 4.69) is 20.1 Å². The number of methoxy groups -OCH3 is 1. The molecule has 0 bridgehead atoms. The van der Waals surface area contributed by atoms with Crippen molar-refractivity contribution in [3.8, 4) is 22.9 Å². The lowest BCUT2D eigenvalue weighted by Crippen LogP contribution is -2.37. The summed E-state index contributed by atoms with van der Waals surface area (Å²) < 4.78 is 19.0. The Morgan fingerprint density at radius 3 is 2.68 bits per heavy atom. The van der Waals surface area contributed by atoms with Crippen LogP contribution in [0.25, 0.3) is 27.9 Å². The summed E-state index contributed by atoms with van der Waals surface area (Å²) in [6.07, 6.45) is 2.70. The fourth-order valence-electron chi connectivity index (χ4n) is 3.89. The third-order valence-corrected chi connectivity index (χ3v) is 5.54. The summed E-state index contributed by atoms with van der Waals surface area (Å²) in [4.78, 5) is 7.03. The highest BCUT2D eigenvalue weighted by molar-refractivity contribution is 5.94. The molecule has 0 radical (unpaired) electrons. The molecule has 0 atom stereocenters. The van der Waals surface area contributed by atoms with E-state index in [0.29, 0.717) is 18.1 Å². The molecule has 4 aromatic rings. The third kappa shape index (κ3) is 4.04. The molecule has 2 aromatic heterocycles. The van der Waals surface area contributed by atoms with Crippen LogP contribution in [0.1, 0.15) is 6.42 Å². The Morgan fingerprint density at radius 1 is 1.03 bits per heavy atom. The van der Waals surface area contributed by atoms with Crippen LogP contribution in [0, 0.1) is 0 Å². The van der Waals surface area contributed by atoms with Gasteiger partial charge in [-0.25, -0.2) is 4.98 Å². The van der Waals surface area contributed by atoms with Gasteiger partial charge in [0.2, 0.25) is 0 Å². The van der Waals surface area contributed by atoms with Crippen LogP contribution in [0.3, 0.4) is 0 Å². The smallest absolute Gasteiger partial charge is 0.171 e. The molecule has 1 fully saturated rings. The number of ether oxygens (including phenoxy) is 3. The molecule has 1 aliphatic rings. The highest BCUT2D eigenvalue weighted by atomic mass is 16.5. The van der Waals surface area contributed by atoms with Crippen molar-refractivity contribution in [1.29, 1.82) is 0 Å². The average molecular weight is 419 g/mol. The molecule has 1 saturated heterocycles. The van der Waals surface area contributed by atoms with Gasteiger partial charge in [0.1, 0.15) is 6.33 Å². The van der Waals surface area contributed by atoms with Gasteiger partial charge in [-0.3, -0.25) is 9.30 Å². The molecule has 0 N–H and O–H groups in total. The van der Waals surface area contributed by atoms with Crippen molar-refractivity contribution < 1.29 is 14.2 Å². The van der Waals surface area contributed by atoms with Crippen molar-refractivity contribution in [2.24, 2.45) is 0 Å². The number of benzene rings is 2. The summed E-state index contributed by atoms with van der Waals surface area (Å²) >= 11 is 0. The Morgan fingerprint density at radius 2 is 1.87 bits per heavy atom. The van der Waals surface area contributed by atoms with E-state index in [0.717, 1.165) is 67.2 Å². The van der Waals surface area contributed by atoms with Crippen molar-refractivity contribution in [2.75, 3.05) is 46.6 Å². The highest BCUT2D eigenvalue weighted by Gasteiger charge is 2.15. The first-order valence-corrected chi connectivity index (χ1v) is 10.5. The molecule has 3 heterocycles. The molecule has 5 rings (SSSR count). The van der Waals surface area contributed by atoms with Crippen LogP contribution in [0.2, 0.25) is 0 Å². The van der Waals surface area contributed by atoms with Gasteiger partial charge in [0, 0.05) is 36.7 Å². The molecular weight excluding hydrogens is 394 g/mol. The summed E-state index contributed by atoms with van der Waals surface area (Å²) in [7, 11) is 1.65. The summed E-state index contributed by atoms with van der Waals surface area (Å²) in [5, 5.41) is 9.67. The van der Waals surface area contributed by atoms with Crippen molar-refractivity contribution in [3.05, 3.63) is 48.8 Å². The van der Waals surface area contributed by atoms with Crippen molar-refractivity contribution in [1.82, 2.24) is 24.5 Å². The average Bonchev–Trinajstić information content (AvgIpc) is 3.27. The van der Waals surface area contributed by atoms with E-state index in [1.807, 2.05) is 46.9 Å². The number of hydrogen-bond acceptors (Lipinski definition) is 7. The lowest BCUT2D eigenvalue weighted by Gasteiger charge is -2.26. The summed E-state index contributed by atoms with van der Waals surface area (Å²) in [5.41, 5.74) is 2.52. The van der Waals surface area contributed by atoms with Gasteiger partial charge in [-0.05, 0) is 12.5 Å². The maximum Gasteiger partial charge on any atom is 0.171 e. The predicted octanol–water partition coefficient (Wildman–Crippen LogP) is 3.05. The van der Waals surface area contributed by atoms with E-state index in [1.54, 1.807) is 13.4 Å². The zero-order valence-electron chi connectivity index (χ0n) is 17.5. The van der Waals surface area contributed by atoms with Crippen LogP contribution >= 0.6 is 0 Å².